The number of likely N-dealkylation sites (N-methyl/N-ethyl adjacent to an activating group) is 1. The Morgan fingerprint density at radius 2 is 2.03 bits per heavy atom. The van der Waals surface area contributed by atoms with Crippen LogP contribution in [0.4, 0.5) is 11.8 Å². The molecule has 3 aromatic rings. The van der Waals surface area contributed by atoms with Crippen LogP contribution in [0.5, 0.6) is 0 Å². The zero-order chi connectivity index (χ0) is 20.4. The molecular formula is C19H25ClN8O. The van der Waals surface area contributed by atoms with Gasteiger partial charge < -0.3 is 20.1 Å². The van der Waals surface area contributed by atoms with E-state index in [9.17, 15) is 4.79 Å². The number of pyridine rings is 1. The molecule has 3 aromatic heterocycles. The molecule has 0 spiro atoms. The van der Waals surface area contributed by atoms with E-state index in [2.05, 4.69) is 49.1 Å². The molecule has 4 rings (SSSR count). The minimum atomic E-state index is -0.193. The van der Waals surface area contributed by atoms with E-state index < -0.39 is 0 Å². The Bertz CT molecular complexity index is 1050. The maximum atomic E-state index is 12.2. The molecule has 0 atom stereocenters. The summed E-state index contributed by atoms with van der Waals surface area (Å²) in [6.45, 7) is 6.40. The maximum Gasteiger partial charge on any atom is 0.275 e. The second-order valence-corrected chi connectivity index (χ2v) is 7.74. The van der Waals surface area contributed by atoms with Crippen molar-refractivity contribution in [1.82, 2.24) is 29.5 Å². The fraction of sp³-hybridized carbons (Fsp3) is 0.474. The number of piperazine rings is 1. The Hall–Kier alpha value is -2.65. The van der Waals surface area contributed by atoms with Crippen molar-refractivity contribution in [2.24, 2.45) is 0 Å². The summed E-state index contributed by atoms with van der Waals surface area (Å²) in [4.78, 5) is 28.8. The topological polar surface area (TPSA) is 94.5 Å². The molecule has 1 aliphatic rings. The summed E-state index contributed by atoms with van der Waals surface area (Å²) >= 11 is 6.35. The standard InChI is InChI=1S/C19H25ClN8O/c1-3-4-14-10-17(29)28-19(23-14)24-18(25-28)22-11-13-9-16(21-12-15(13)20)27-7-5-26(2)6-8-27/h9-10,12H,3-8,11H2,1-2H3,(H2,22,23,24,25). The molecule has 0 radical (unpaired) electrons. The first-order chi connectivity index (χ1) is 14.0. The van der Waals surface area contributed by atoms with Crippen LogP contribution in [0.1, 0.15) is 24.6 Å². The minimum Gasteiger partial charge on any atom is -0.354 e. The molecule has 0 amide bonds. The quantitative estimate of drug-likeness (QED) is 0.632. The van der Waals surface area contributed by atoms with E-state index in [1.807, 2.05) is 6.07 Å². The van der Waals surface area contributed by atoms with Crippen molar-refractivity contribution in [2.45, 2.75) is 26.3 Å². The van der Waals surface area contributed by atoms with E-state index in [4.69, 9.17) is 11.6 Å². The van der Waals surface area contributed by atoms with Crippen LogP contribution in [-0.2, 0) is 13.0 Å². The molecule has 0 unspecified atom stereocenters. The normalized spacial score (nSPS) is 15.2. The van der Waals surface area contributed by atoms with Gasteiger partial charge in [-0.2, -0.15) is 9.50 Å². The number of nitrogens with one attached hydrogen (secondary N) is 2. The smallest absolute Gasteiger partial charge is 0.275 e. The van der Waals surface area contributed by atoms with Gasteiger partial charge in [-0.3, -0.25) is 4.79 Å². The van der Waals surface area contributed by atoms with Gasteiger partial charge in [-0.1, -0.05) is 24.9 Å². The third kappa shape index (κ3) is 4.35. The number of fused-ring (bicyclic) bond motifs is 1. The zero-order valence-corrected chi connectivity index (χ0v) is 17.4. The Labute approximate surface area is 173 Å². The number of aryl methyl sites for hydroxylation is 1. The molecule has 0 aromatic carbocycles. The summed E-state index contributed by atoms with van der Waals surface area (Å²) < 4.78 is 1.27. The van der Waals surface area contributed by atoms with E-state index >= 15 is 0 Å². The van der Waals surface area contributed by atoms with Crippen LogP contribution in [0.25, 0.3) is 5.78 Å². The number of aromatic amines is 1. The second-order valence-electron chi connectivity index (χ2n) is 7.33. The van der Waals surface area contributed by atoms with Crippen molar-refractivity contribution in [1.29, 1.82) is 0 Å². The van der Waals surface area contributed by atoms with E-state index in [1.54, 1.807) is 12.3 Å². The Morgan fingerprint density at radius 1 is 1.24 bits per heavy atom. The van der Waals surface area contributed by atoms with Gasteiger partial charge in [0, 0.05) is 50.7 Å². The third-order valence-electron chi connectivity index (χ3n) is 5.09. The lowest BCUT2D eigenvalue weighted by Crippen LogP contribution is -2.44. The molecule has 154 valence electrons. The van der Waals surface area contributed by atoms with Crippen LogP contribution in [0.3, 0.4) is 0 Å². The third-order valence-corrected chi connectivity index (χ3v) is 5.43. The van der Waals surface area contributed by atoms with Crippen LogP contribution < -0.4 is 15.8 Å². The van der Waals surface area contributed by atoms with E-state index in [0.29, 0.717) is 23.3 Å². The molecule has 0 aliphatic carbocycles. The monoisotopic (exact) mass is 416 g/mol. The van der Waals surface area contributed by atoms with Crippen LogP contribution >= 0.6 is 11.6 Å². The van der Waals surface area contributed by atoms with E-state index in [-0.39, 0.29) is 5.56 Å². The first-order valence-corrected chi connectivity index (χ1v) is 10.2. The Morgan fingerprint density at radius 3 is 2.79 bits per heavy atom. The average Bonchev–Trinajstić information content (AvgIpc) is 3.12. The second kappa shape index (κ2) is 8.38. The summed E-state index contributed by atoms with van der Waals surface area (Å²) in [6, 6.07) is 3.57. The number of rotatable bonds is 6. The highest BCUT2D eigenvalue weighted by molar-refractivity contribution is 6.31. The molecule has 4 heterocycles. The fourth-order valence-electron chi connectivity index (χ4n) is 3.40. The van der Waals surface area contributed by atoms with Crippen molar-refractivity contribution in [3.05, 3.63) is 45.0 Å². The van der Waals surface area contributed by atoms with Gasteiger partial charge in [-0.05, 0) is 25.1 Å². The number of hydrogen-bond acceptors (Lipinski definition) is 7. The van der Waals surface area contributed by atoms with Gasteiger partial charge in [0.1, 0.15) is 5.82 Å². The molecule has 1 aliphatic heterocycles. The molecule has 1 saturated heterocycles. The van der Waals surface area contributed by atoms with Crippen LogP contribution in [0.2, 0.25) is 5.02 Å². The maximum absolute atomic E-state index is 12.2. The summed E-state index contributed by atoms with van der Waals surface area (Å²) in [5.74, 6) is 1.73. The summed E-state index contributed by atoms with van der Waals surface area (Å²) in [5, 5.41) is 8.00. The SMILES string of the molecule is CCCc1cc(=O)n2nc(NCc3cc(N4CCN(C)CC4)ncc3Cl)nc2[nH]1. The molecule has 0 saturated carbocycles. The van der Waals surface area contributed by atoms with Crippen molar-refractivity contribution in [3.63, 3.8) is 0 Å². The Kier molecular flexibility index (Phi) is 5.68. The first kappa shape index (κ1) is 19.7. The number of halogens is 1. The van der Waals surface area contributed by atoms with Gasteiger partial charge in [0.05, 0.1) is 5.02 Å². The highest BCUT2D eigenvalue weighted by Crippen LogP contribution is 2.22. The number of nitrogens with zero attached hydrogens (tertiary/aromatic N) is 6. The lowest BCUT2D eigenvalue weighted by Gasteiger charge is -2.33. The van der Waals surface area contributed by atoms with Gasteiger partial charge in [0.15, 0.2) is 0 Å². The molecule has 2 N–H and O–H groups in total. The predicted octanol–water partition coefficient (Wildman–Crippen LogP) is 1.78. The molecule has 9 nitrogen and oxygen atoms in total. The summed E-state index contributed by atoms with van der Waals surface area (Å²) in [7, 11) is 2.12. The predicted molar refractivity (Wildman–Crippen MR) is 114 cm³/mol. The Balaban J connectivity index is 1.50. The summed E-state index contributed by atoms with van der Waals surface area (Å²) in [6.07, 6.45) is 3.43. The van der Waals surface area contributed by atoms with E-state index in [1.165, 1.54) is 4.52 Å². The number of anilines is 2. The number of hydrogen-bond donors (Lipinski definition) is 2. The van der Waals surface area contributed by atoms with Crippen molar-refractivity contribution in [2.75, 3.05) is 43.4 Å². The lowest BCUT2D eigenvalue weighted by atomic mass is 10.2. The number of aromatic nitrogens is 5. The zero-order valence-electron chi connectivity index (χ0n) is 16.7. The average molecular weight is 417 g/mol. The fourth-order valence-corrected chi connectivity index (χ4v) is 3.57. The highest BCUT2D eigenvalue weighted by Gasteiger charge is 2.17. The minimum absolute atomic E-state index is 0.193. The highest BCUT2D eigenvalue weighted by atomic mass is 35.5. The largest absolute Gasteiger partial charge is 0.354 e. The number of H-pyrrole nitrogens is 1. The van der Waals surface area contributed by atoms with Gasteiger partial charge in [0.25, 0.3) is 5.56 Å². The van der Waals surface area contributed by atoms with Gasteiger partial charge in [0.2, 0.25) is 11.7 Å². The molecule has 1 fully saturated rings. The molecule has 29 heavy (non-hydrogen) atoms. The van der Waals surface area contributed by atoms with Crippen LogP contribution in [0, 0.1) is 0 Å². The van der Waals surface area contributed by atoms with Gasteiger partial charge >= 0.3 is 0 Å². The van der Waals surface area contributed by atoms with Crippen molar-refractivity contribution < 1.29 is 0 Å². The first-order valence-electron chi connectivity index (χ1n) is 9.84. The van der Waals surface area contributed by atoms with Crippen molar-refractivity contribution in [3.8, 4) is 0 Å². The summed E-state index contributed by atoms with van der Waals surface area (Å²) in [5.41, 5.74) is 1.58. The molecule has 10 heteroatoms. The molecule has 0 bridgehead atoms. The van der Waals surface area contributed by atoms with Crippen LogP contribution in [-0.4, -0.2) is 62.7 Å². The van der Waals surface area contributed by atoms with E-state index in [0.717, 1.165) is 56.1 Å². The van der Waals surface area contributed by atoms with Gasteiger partial charge in [-0.15, -0.1) is 5.10 Å². The van der Waals surface area contributed by atoms with Gasteiger partial charge in [-0.25, -0.2) is 4.98 Å². The van der Waals surface area contributed by atoms with Crippen molar-refractivity contribution >= 4 is 29.1 Å². The lowest BCUT2D eigenvalue weighted by molar-refractivity contribution is 0.312. The molecular weight excluding hydrogens is 392 g/mol. The van der Waals surface area contributed by atoms with Crippen LogP contribution in [0.15, 0.2) is 23.1 Å².